The summed E-state index contributed by atoms with van der Waals surface area (Å²) in [7, 11) is -2.37. The first-order valence-corrected chi connectivity index (χ1v) is 8.11. The lowest BCUT2D eigenvalue weighted by molar-refractivity contribution is 0.282. The van der Waals surface area contributed by atoms with E-state index in [1.807, 2.05) is 0 Å². The Morgan fingerprint density at radius 2 is 2.05 bits per heavy atom. The lowest BCUT2D eigenvalue weighted by Crippen LogP contribution is -2.15. The summed E-state index contributed by atoms with van der Waals surface area (Å²) in [6, 6.07) is 4.48. The zero-order chi connectivity index (χ0) is 15.8. The molecule has 0 aliphatic heterocycles. The fraction of sp³-hybridized carbons (Fsp3) is 0.250. The van der Waals surface area contributed by atoms with Crippen molar-refractivity contribution in [3.63, 3.8) is 0 Å². The van der Waals surface area contributed by atoms with Crippen LogP contribution in [-0.4, -0.2) is 23.3 Å². The predicted molar refractivity (Wildman–Crippen MR) is 81.1 cm³/mol. The highest BCUT2D eigenvalue weighted by Crippen LogP contribution is 2.28. The number of sulfonamides is 1. The summed E-state index contributed by atoms with van der Waals surface area (Å²) in [5, 5.41) is 13.7. The van der Waals surface area contributed by atoms with E-state index in [2.05, 4.69) is 9.82 Å². The number of nitrogens with zero attached hydrogens (tertiary/aromatic N) is 2. The maximum atomic E-state index is 12.4. The van der Waals surface area contributed by atoms with E-state index in [0.717, 1.165) is 0 Å². The van der Waals surface area contributed by atoms with Crippen LogP contribution in [0, 0.1) is 6.92 Å². The van der Waals surface area contributed by atoms with E-state index in [-0.39, 0.29) is 28.0 Å². The van der Waals surface area contributed by atoms with E-state index in [0.29, 0.717) is 10.6 Å². The Balaban J connectivity index is 2.47. The van der Waals surface area contributed by atoms with E-state index in [1.54, 1.807) is 14.0 Å². The smallest absolute Gasteiger partial charge is 0.266 e. The quantitative estimate of drug-likeness (QED) is 0.886. The summed E-state index contributed by atoms with van der Waals surface area (Å²) in [4.78, 5) is -0.0921. The third-order valence-electron chi connectivity index (χ3n) is 2.85. The Labute approximate surface area is 132 Å². The fourth-order valence-electron chi connectivity index (χ4n) is 1.90. The molecule has 9 heteroatoms. The van der Waals surface area contributed by atoms with Gasteiger partial charge in [0.1, 0.15) is 10.0 Å². The zero-order valence-electron chi connectivity index (χ0n) is 11.3. The second kappa shape index (κ2) is 5.84. The summed E-state index contributed by atoms with van der Waals surface area (Å²) < 4.78 is 28.6. The zero-order valence-corrected chi connectivity index (χ0v) is 13.6. The van der Waals surface area contributed by atoms with Gasteiger partial charge in [-0.1, -0.05) is 23.2 Å². The molecule has 0 radical (unpaired) electrons. The molecule has 2 N–H and O–H groups in total. The van der Waals surface area contributed by atoms with E-state index in [9.17, 15) is 13.5 Å². The Hall–Kier alpha value is -1.28. The molecule has 0 saturated heterocycles. The van der Waals surface area contributed by atoms with Gasteiger partial charge in [-0.15, -0.1) is 0 Å². The number of benzene rings is 1. The Bertz CT molecular complexity index is 787. The number of halogens is 2. The van der Waals surface area contributed by atoms with Gasteiger partial charge in [-0.05, 0) is 25.1 Å². The van der Waals surface area contributed by atoms with E-state index >= 15 is 0 Å². The van der Waals surface area contributed by atoms with Crippen LogP contribution in [-0.2, 0) is 23.7 Å². The van der Waals surface area contributed by atoms with Crippen molar-refractivity contribution in [3.8, 4) is 0 Å². The first-order chi connectivity index (χ1) is 9.76. The number of aliphatic hydroxyl groups is 1. The summed E-state index contributed by atoms with van der Waals surface area (Å²) in [6.45, 7) is 1.20. The number of nitrogens with one attached hydrogen (secondary N) is 1. The predicted octanol–water partition coefficient (Wildman–Crippen LogP) is 2.33. The molecule has 114 valence electrons. The Morgan fingerprint density at radius 1 is 1.38 bits per heavy atom. The molecule has 21 heavy (non-hydrogen) atoms. The lowest BCUT2D eigenvalue weighted by Gasteiger charge is -2.11. The van der Waals surface area contributed by atoms with Crippen LogP contribution in [0.25, 0.3) is 0 Å². The minimum absolute atomic E-state index is 0.0134. The number of aliphatic hydroxyl groups excluding tert-OH is 1. The molecular formula is C12H13Cl2N3O3S. The van der Waals surface area contributed by atoms with Crippen LogP contribution in [0.2, 0.25) is 10.2 Å². The maximum Gasteiger partial charge on any atom is 0.266 e. The number of anilines is 1. The van der Waals surface area contributed by atoms with Crippen LogP contribution in [0.1, 0.15) is 11.3 Å². The van der Waals surface area contributed by atoms with Crippen LogP contribution in [0.15, 0.2) is 23.1 Å². The number of aromatic nitrogens is 2. The fourth-order valence-corrected chi connectivity index (χ4v) is 3.95. The minimum Gasteiger partial charge on any atom is -0.392 e. The molecule has 0 amide bonds. The van der Waals surface area contributed by atoms with Gasteiger partial charge < -0.3 is 5.11 Å². The molecule has 0 bridgehead atoms. The summed E-state index contributed by atoms with van der Waals surface area (Å²) in [5.41, 5.74) is 0.888. The molecule has 0 saturated carbocycles. The average molecular weight is 350 g/mol. The first-order valence-electron chi connectivity index (χ1n) is 5.87. The van der Waals surface area contributed by atoms with Crippen molar-refractivity contribution >= 4 is 38.9 Å². The van der Waals surface area contributed by atoms with Gasteiger partial charge in [-0.25, -0.2) is 8.42 Å². The Morgan fingerprint density at radius 3 is 2.57 bits per heavy atom. The molecular weight excluding hydrogens is 337 g/mol. The van der Waals surface area contributed by atoms with Crippen molar-refractivity contribution in [1.82, 2.24) is 9.78 Å². The van der Waals surface area contributed by atoms with Crippen LogP contribution < -0.4 is 4.72 Å². The monoisotopic (exact) mass is 349 g/mol. The number of hydrogen-bond donors (Lipinski definition) is 2. The molecule has 0 atom stereocenters. The molecule has 0 unspecified atom stereocenters. The Kier molecular flexibility index (Phi) is 4.48. The van der Waals surface area contributed by atoms with Gasteiger partial charge in [0.25, 0.3) is 10.0 Å². The van der Waals surface area contributed by atoms with Gasteiger partial charge in [-0.3, -0.25) is 9.40 Å². The van der Waals surface area contributed by atoms with Gasteiger partial charge in [0.15, 0.2) is 0 Å². The van der Waals surface area contributed by atoms with Crippen molar-refractivity contribution in [3.05, 3.63) is 39.6 Å². The van der Waals surface area contributed by atoms with Gasteiger partial charge in [0.2, 0.25) is 0 Å². The second-order valence-electron chi connectivity index (χ2n) is 4.39. The minimum atomic E-state index is -3.92. The maximum absolute atomic E-state index is 12.4. The van der Waals surface area contributed by atoms with Crippen LogP contribution in [0.4, 0.5) is 5.69 Å². The normalized spacial score (nSPS) is 11.7. The molecule has 0 fully saturated rings. The number of hydrogen-bond acceptors (Lipinski definition) is 4. The van der Waals surface area contributed by atoms with E-state index in [4.69, 9.17) is 23.2 Å². The number of rotatable bonds is 4. The van der Waals surface area contributed by atoms with Crippen molar-refractivity contribution < 1.29 is 13.5 Å². The summed E-state index contributed by atoms with van der Waals surface area (Å²) in [6.07, 6.45) is 0. The topological polar surface area (TPSA) is 84.2 Å². The highest BCUT2D eigenvalue weighted by molar-refractivity contribution is 7.92. The van der Waals surface area contributed by atoms with Crippen molar-refractivity contribution in [2.75, 3.05) is 4.72 Å². The van der Waals surface area contributed by atoms with Crippen LogP contribution in [0.3, 0.4) is 0 Å². The van der Waals surface area contributed by atoms with Crippen molar-refractivity contribution in [2.45, 2.75) is 18.4 Å². The third kappa shape index (κ3) is 3.16. The highest BCUT2D eigenvalue weighted by Gasteiger charge is 2.25. The molecule has 1 aromatic heterocycles. The summed E-state index contributed by atoms with van der Waals surface area (Å²) >= 11 is 11.8. The SMILES string of the molecule is Cc1nn(C)c(Cl)c1S(=O)(=O)Nc1ccc(Cl)cc1CO. The molecule has 6 nitrogen and oxygen atoms in total. The molecule has 1 heterocycles. The molecule has 1 aromatic carbocycles. The third-order valence-corrected chi connectivity index (χ3v) is 5.15. The highest BCUT2D eigenvalue weighted by atomic mass is 35.5. The van der Waals surface area contributed by atoms with E-state index in [1.165, 1.54) is 22.9 Å². The van der Waals surface area contributed by atoms with Crippen molar-refractivity contribution in [2.24, 2.45) is 7.05 Å². The molecule has 2 rings (SSSR count). The van der Waals surface area contributed by atoms with Gasteiger partial charge >= 0.3 is 0 Å². The van der Waals surface area contributed by atoms with Crippen LogP contribution in [0.5, 0.6) is 0 Å². The largest absolute Gasteiger partial charge is 0.392 e. The van der Waals surface area contributed by atoms with Gasteiger partial charge in [-0.2, -0.15) is 5.10 Å². The summed E-state index contributed by atoms with van der Waals surface area (Å²) in [5.74, 6) is 0. The first kappa shape index (κ1) is 16.1. The van der Waals surface area contributed by atoms with Gasteiger partial charge in [0, 0.05) is 17.6 Å². The second-order valence-corrected chi connectivity index (χ2v) is 6.81. The van der Waals surface area contributed by atoms with Gasteiger partial charge in [0.05, 0.1) is 18.0 Å². The van der Waals surface area contributed by atoms with Crippen LogP contribution >= 0.6 is 23.2 Å². The lowest BCUT2D eigenvalue weighted by atomic mass is 10.2. The molecule has 0 aliphatic rings. The number of aryl methyl sites for hydroxylation is 2. The average Bonchev–Trinajstić information content (AvgIpc) is 2.65. The van der Waals surface area contributed by atoms with E-state index < -0.39 is 10.0 Å². The molecule has 2 aromatic rings. The molecule has 0 spiro atoms. The standard InChI is InChI=1S/C12H13Cl2N3O3S/c1-7-11(12(14)17(2)15-7)21(19,20)16-10-4-3-9(13)5-8(10)6-18/h3-5,16,18H,6H2,1-2H3. The molecule has 0 aliphatic carbocycles. The van der Waals surface area contributed by atoms with Crippen molar-refractivity contribution in [1.29, 1.82) is 0 Å².